The maximum absolute atomic E-state index is 12.4. The fourth-order valence-corrected chi connectivity index (χ4v) is 3.63. The molecule has 0 amide bonds. The van der Waals surface area contributed by atoms with Gasteiger partial charge in [-0.15, -0.1) is 0 Å². The van der Waals surface area contributed by atoms with Gasteiger partial charge in [-0.1, -0.05) is 19.1 Å². The van der Waals surface area contributed by atoms with Crippen LogP contribution in [0.2, 0.25) is 0 Å². The van der Waals surface area contributed by atoms with Gasteiger partial charge in [-0.3, -0.25) is 0 Å². The van der Waals surface area contributed by atoms with Crippen LogP contribution in [0, 0.1) is 0 Å². The summed E-state index contributed by atoms with van der Waals surface area (Å²) in [6, 6.07) is 7.02. The molecule has 0 aliphatic carbocycles. The van der Waals surface area contributed by atoms with E-state index in [2.05, 4.69) is 10.0 Å². The first-order valence-electron chi connectivity index (χ1n) is 7.38. The molecule has 1 heterocycles. The zero-order valence-electron chi connectivity index (χ0n) is 12.7. The van der Waals surface area contributed by atoms with Crippen LogP contribution in [0.3, 0.4) is 0 Å². The predicted molar refractivity (Wildman–Crippen MR) is 82.6 cm³/mol. The van der Waals surface area contributed by atoms with Gasteiger partial charge in [0, 0.05) is 19.7 Å². The van der Waals surface area contributed by atoms with Crippen LogP contribution in [0.25, 0.3) is 0 Å². The van der Waals surface area contributed by atoms with Gasteiger partial charge in [-0.2, -0.15) is 0 Å². The van der Waals surface area contributed by atoms with Gasteiger partial charge in [-0.05, 0) is 44.0 Å². The van der Waals surface area contributed by atoms with Gasteiger partial charge in [0.2, 0.25) is 10.0 Å². The van der Waals surface area contributed by atoms with Crippen LogP contribution in [0.1, 0.15) is 32.3 Å². The van der Waals surface area contributed by atoms with Crippen LogP contribution < -0.4 is 10.0 Å². The Balaban J connectivity index is 2.04. The van der Waals surface area contributed by atoms with Crippen molar-refractivity contribution in [3.63, 3.8) is 0 Å². The van der Waals surface area contributed by atoms with E-state index in [-0.39, 0.29) is 5.60 Å². The standard InChI is InChI=1S/C15H24N2O3S/c1-3-16-11-13-6-4-7-14(10-13)21(18,19)17-12-15(2)8-5-9-20-15/h4,6-7,10,16-17H,3,5,8-9,11-12H2,1-2H3. The highest BCUT2D eigenvalue weighted by Gasteiger charge is 2.31. The third kappa shape index (κ3) is 4.51. The topological polar surface area (TPSA) is 67.4 Å². The molecule has 2 N–H and O–H groups in total. The van der Waals surface area contributed by atoms with Crippen molar-refractivity contribution in [2.75, 3.05) is 19.7 Å². The molecule has 5 nitrogen and oxygen atoms in total. The number of benzene rings is 1. The zero-order chi connectivity index (χ0) is 15.3. The fourth-order valence-electron chi connectivity index (χ4n) is 2.40. The minimum Gasteiger partial charge on any atom is -0.374 e. The largest absolute Gasteiger partial charge is 0.374 e. The molecule has 21 heavy (non-hydrogen) atoms. The Morgan fingerprint density at radius 1 is 1.38 bits per heavy atom. The van der Waals surface area contributed by atoms with Gasteiger partial charge in [0.25, 0.3) is 0 Å². The third-order valence-electron chi connectivity index (χ3n) is 3.72. The van der Waals surface area contributed by atoms with Crippen molar-refractivity contribution < 1.29 is 13.2 Å². The Hall–Kier alpha value is -0.950. The smallest absolute Gasteiger partial charge is 0.240 e. The average Bonchev–Trinajstić information content (AvgIpc) is 2.91. The lowest BCUT2D eigenvalue weighted by Gasteiger charge is -2.23. The lowest BCUT2D eigenvalue weighted by molar-refractivity contribution is 0.0250. The highest BCUT2D eigenvalue weighted by atomic mass is 32.2. The van der Waals surface area contributed by atoms with E-state index in [1.807, 2.05) is 19.9 Å². The van der Waals surface area contributed by atoms with E-state index < -0.39 is 10.0 Å². The van der Waals surface area contributed by atoms with Crippen molar-refractivity contribution in [2.24, 2.45) is 0 Å². The molecule has 2 rings (SSSR count). The molecular formula is C15H24N2O3S. The summed E-state index contributed by atoms with van der Waals surface area (Å²) < 4.78 is 33.0. The zero-order valence-corrected chi connectivity index (χ0v) is 13.5. The fraction of sp³-hybridized carbons (Fsp3) is 0.600. The van der Waals surface area contributed by atoms with Crippen LogP contribution in [-0.2, 0) is 21.3 Å². The second-order valence-electron chi connectivity index (χ2n) is 5.65. The maximum atomic E-state index is 12.4. The van der Waals surface area contributed by atoms with Crippen LogP contribution in [0.4, 0.5) is 0 Å². The SMILES string of the molecule is CCNCc1cccc(S(=O)(=O)NCC2(C)CCCO2)c1. The van der Waals surface area contributed by atoms with Gasteiger partial charge >= 0.3 is 0 Å². The number of nitrogens with one attached hydrogen (secondary N) is 2. The Morgan fingerprint density at radius 2 is 2.19 bits per heavy atom. The molecule has 1 fully saturated rings. The summed E-state index contributed by atoms with van der Waals surface area (Å²) in [5, 5.41) is 3.19. The first-order valence-corrected chi connectivity index (χ1v) is 8.87. The van der Waals surface area contributed by atoms with E-state index in [1.165, 1.54) is 0 Å². The summed E-state index contributed by atoms with van der Waals surface area (Å²) >= 11 is 0. The molecule has 1 saturated heterocycles. The first kappa shape index (κ1) is 16.4. The number of rotatable bonds is 7. The van der Waals surface area contributed by atoms with E-state index in [4.69, 9.17) is 4.74 Å². The summed E-state index contributed by atoms with van der Waals surface area (Å²) in [6.45, 7) is 6.50. The number of hydrogen-bond acceptors (Lipinski definition) is 4. The van der Waals surface area contributed by atoms with E-state index >= 15 is 0 Å². The molecule has 1 aromatic rings. The molecule has 0 saturated carbocycles. The van der Waals surface area contributed by atoms with Crippen molar-refractivity contribution in [1.82, 2.24) is 10.0 Å². The lowest BCUT2D eigenvalue weighted by Crippen LogP contribution is -2.40. The molecule has 1 atom stereocenters. The highest BCUT2D eigenvalue weighted by Crippen LogP contribution is 2.24. The van der Waals surface area contributed by atoms with Crippen LogP contribution in [0.5, 0.6) is 0 Å². The molecule has 0 aromatic heterocycles. The van der Waals surface area contributed by atoms with Crippen molar-refractivity contribution in [3.05, 3.63) is 29.8 Å². The number of sulfonamides is 1. The van der Waals surface area contributed by atoms with Gasteiger partial charge in [0.1, 0.15) is 0 Å². The van der Waals surface area contributed by atoms with Crippen LogP contribution >= 0.6 is 0 Å². The summed E-state index contributed by atoms with van der Waals surface area (Å²) in [7, 11) is -3.49. The van der Waals surface area contributed by atoms with Crippen molar-refractivity contribution >= 4 is 10.0 Å². The summed E-state index contributed by atoms with van der Waals surface area (Å²) in [4.78, 5) is 0.305. The second-order valence-corrected chi connectivity index (χ2v) is 7.42. The predicted octanol–water partition coefficient (Wildman–Crippen LogP) is 1.64. The first-order chi connectivity index (χ1) is 9.95. The Kier molecular flexibility index (Phi) is 5.37. The van der Waals surface area contributed by atoms with Gasteiger partial charge in [-0.25, -0.2) is 13.1 Å². The molecule has 0 spiro atoms. The molecule has 6 heteroatoms. The molecule has 1 aromatic carbocycles. The molecule has 1 unspecified atom stereocenters. The summed E-state index contributed by atoms with van der Waals surface area (Å²) in [6.07, 6.45) is 1.87. The van der Waals surface area contributed by atoms with E-state index in [0.29, 0.717) is 24.6 Å². The minimum atomic E-state index is -3.49. The highest BCUT2D eigenvalue weighted by molar-refractivity contribution is 7.89. The van der Waals surface area contributed by atoms with Crippen molar-refractivity contribution in [2.45, 2.75) is 43.7 Å². The normalized spacial score (nSPS) is 22.6. The monoisotopic (exact) mass is 312 g/mol. The van der Waals surface area contributed by atoms with Crippen molar-refractivity contribution in [1.29, 1.82) is 0 Å². The molecule has 0 radical (unpaired) electrons. The Labute approximate surface area is 127 Å². The van der Waals surface area contributed by atoms with Crippen LogP contribution in [-0.4, -0.2) is 33.7 Å². The van der Waals surface area contributed by atoms with Crippen LogP contribution in [0.15, 0.2) is 29.2 Å². The summed E-state index contributed by atoms with van der Waals surface area (Å²) in [5.41, 5.74) is 0.581. The molecular weight excluding hydrogens is 288 g/mol. The molecule has 1 aliphatic rings. The minimum absolute atomic E-state index is 0.305. The van der Waals surface area contributed by atoms with E-state index in [0.717, 1.165) is 24.9 Å². The molecule has 0 bridgehead atoms. The van der Waals surface area contributed by atoms with Gasteiger partial charge < -0.3 is 10.1 Å². The van der Waals surface area contributed by atoms with Gasteiger partial charge in [0.05, 0.1) is 10.5 Å². The number of hydrogen-bond donors (Lipinski definition) is 2. The van der Waals surface area contributed by atoms with E-state index in [9.17, 15) is 8.42 Å². The van der Waals surface area contributed by atoms with Crippen molar-refractivity contribution in [3.8, 4) is 0 Å². The van der Waals surface area contributed by atoms with Gasteiger partial charge in [0.15, 0.2) is 0 Å². The Bertz CT molecular complexity index is 566. The third-order valence-corrected chi connectivity index (χ3v) is 5.12. The van der Waals surface area contributed by atoms with E-state index in [1.54, 1.807) is 18.2 Å². The number of ether oxygens (including phenoxy) is 1. The summed E-state index contributed by atoms with van der Waals surface area (Å²) in [5.74, 6) is 0. The molecule has 118 valence electrons. The quantitative estimate of drug-likeness (QED) is 0.803. The lowest BCUT2D eigenvalue weighted by atomic mass is 10.0. The second kappa shape index (κ2) is 6.87. The molecule has 1 aliphatic heterocycles. The average molecular weight is 312 g/mol. The maximum Gasteiger partial charge on any atom is 0.240 e. The Morgan fingerprint density at radius 3 is 2.86 bits per heavy atom.